The normalized spacial score (nSPS) is 12.4. The third-order valence-corrected chi connectivity index (χ3v) is 1.02. The number of nitrogens with two attached hydrogens (primary N) is 1. The number of rotatable bonds is 2. The highest BCUT2D eigenvalue weighted by Gasteiger charge is 1.99. The lowest BCUT2D eigenvalue weighted by molar-refractivity contribution is 0.573. The second kappa shape index (κ2) is 2.94. The Kier molecular flexibility index (Phi) is 1.97. The minimum Gasteiger partial charge on any atom is -0.314 e. The Bertz CT molecular complexity index is 221. The molecule has 1 atom stereocenters. The number of aromatic nitrogens is 3. The van der Waals surface area contributed by atoms with Crippen molar-refractivity contribution in [3.05, 3.63) is 12.7 Å². The van der Waals surface area contributed by atoms with Crippen LogP contribution >= 0.6 is 0 Å². The standard InChI is InChI=1S/C5H7N5/c6-1-5(7)2-10-4-8-3-9-10/h3-5H,2,7H2. The van der Waals surface area contributed by atoms with Gasteiger partial charge in [-0.25, -0.2) is 4.98 Å². The van der Waals surface area contributed by atoms with Crippen LogP contribution in [-0.4, -0.2) is 20.8 Å². The fourth-order valence-corrected chi connectivity index (χ4v) is 0.569. The van der Waals surface area contributed by atoms with Gasteiger partial charge in [0.2, 0.25) is 0 Å². The fraction of sp³-hybridized carbons (Fsp3) is 0.400. The number of nitrogens with zero attached hydrogens (tertiary/aromatic N) is 4. The molecular formula is C5H7N5. The maximum absolute atomic E-state index is 8.30. The summed E-state index contributed by atoms with van der Waals surface area (Å²) >= 11 is 0. The SMILES string of the molecule is N#CC(N)Cn1cncn1. The van der Waals surface area contributed by atoms with E-state index < -0.39 is 6.04 Å². The molecule has 10 heavy (non-hydrogen) atoms. The van der Waals surface area contributed by atoms with Crippen molar-refractivity contribution in [1.82, 2.24) is 14.8 Å². The first-order valence-electron chi connectivity index (χ1n) is 2.80. The number of nitriles is 1. The molecule has 1 rings (SSSR count). The molecule has 0 saturated carbocycles. The van der Waals surface area contributed by atoms with E-state index in [0.29, 0.717) is 6.54 Å². The van der Waals surface area contributed by atoms with E-state index in [1.54, 1.807) is 0 Å². The van der Waals surface area contributed by atoms with E-state index in [9.17, 15) is 0 Å². The highest BCUT2D eigenvalue weighted by molar-refractivity contribution is 4.85. The molecule has 0 aliphatic carbocycles. The van der Waals surface area contributed by atoms with Crippen LogP contribution in [0.15, 0.2) is 12.7 Å². The molecule has 0 saturated heterocycles. The predicted octanol–water partition coefficient (Wildman–Crippen LogP) is -0.871. The van der Waals surface area contributed by atoms with Gasteiger partial charge in [-0.1, -0.05) is 0 Å². The van der Waals surface area contributed by atoms with Crippen molar-refractivity contribution < 1.29 is 0 Å². The average molecular weight is 137 g/mol. The monoisotopic (exact) mass is 137 g/mol. The smallest absolute Gasteiger partial charge is 0.137 e. The van der Waals surface area contributed by atoms with Crippen LogP contribution in [0.5, 0.6) is 0 Å². The van der Waals surface area contributed by atoms with Crippen LogP contribution in [-0.2, 0) is 6.54 Å². The molecular weight excluding hydrogens is 130 g/mol. The van der Waals surface area contributed by atoms with Crippen molar-refractivity contribution >= 4 is 0 Å². The fourth-order valence-electron chi connectivity index (χ4n) is 0.569. The zero-order valence-corrected chi connectivity index (χ0v) is 5.31. The largest absolute Gasteiger partial charge is 0.314 e. The summed E-state index contributed by atoms with van der Waals surface area (Å²) in [6, 6.07) is 1.39. The van der Waals surface area contributed by atoms with Gasteiger partial charge in [0.1, 0.15) is 18.7 Å². The van der Waals surface area contributed by atoms with E-state index in [0.717, 1.165) is 0 Å². The van der Waals surface area contributed by atoms with Gasteiger partial charge >= 0.3 is 0 Å². The highest BCUT2D eigenvalue weighted by atomic mass is 15.3. The summed E-state index contributed by atoms with van der Waals surface area (Å²) < 4.78 is 1.52. The van der Waals surface area contributed by atoms with Crippen LogP contribution in [0.4, 0.5) is 0 Å². The van der Waals surface area contributed by atoms with Gasteiger partial charge in [-0.15, -0.1) is 0 Å². The Morgan fingerprint density at radius 1 is 1.80 bits per heavy atom. The Morgan fingerprint density at radius 2 is 2.60 bits per heavy atom. The number of hydrogen-bond acceptors (Lipinski definition) is 4. The molecule has 52 valence electrons. The molecule has 1 unspecified atom stereocenters. The lowest BCUT2D eigenvalue weighted by atomic mass is 10.4. The average Bonchev–Trinajstić information content (AvgIpc) is 2.40. The van der Waals surface area contributed by atoms with Gasteiger partial charge in [0.25, 0.3) is 0 Å². The Hall–Kier alpha value is -1.41. The first kappa shape index (κ1) is 6.71. The summed E-state index contributed by atoms with van der Waals surface area (Å²) in [6.07, 6.45) is 2.93. The van der Waals surface area contributed by atoms with E-state index in [-0.39, 0.29) is 0 Å². The lowest BCUT2D eigenvalue weighted by Crippen LogP contribution is -2.24. The van der Waals surface area contributed by atoms with Gasteiger partial charge in [-0.3, -0.25) is 4.68 Å². The van der Waals surface area contributed by atoms with Gasteiger partial charge in [-0.05, 0) is 0 Å². The van der Waals surface area contributed by atoms with Crippen molar-refractivity contribution in [2.24, 2.45) is 5.73 Å². The van der Waals surface area contributed by atoms with Gasteiger partial charge in [0, 0.05) is 0 Å². The predicted molar refractivity (Wildman–Crippen MR) is 33.6 cm³/mol. The summed E-state index contributed by atoms with van der Waals surface area (Å²) in [5.41, 5.74) is 5.31. The molecule has 0 aliphatic rings. The van der Waals surface area contributed by atoms with E-state index >= 15 is 0 Å². The van der Waals surface area contributed by atoms with Crippen LogP contribution in [0.3, 0.4) is 0 Å². The summed E-state index contributed by atoms with van der Waals surface area (Å²) in [5, 5.41) is 12.1. The topological polar surface area (TPSA) is 80.5 Å². The minimum atomic E-state index is -0.498. The van der Waals surface area contributed by atoms with Gasteiger partial charge < -0.3 is 5.73 Å². The second-order valence-corrected chi connectivity index (χ2v) is 1.85. The van der Waals surface area contributed by atoms with E-state index in [4.69, 9.17) is 11.0 Å². The maximum Gasteiger partial charge on any atom is 0.137 e. The molecule has 0 bridgehead atoms. The van der Waals surface area contributed by atoms with Gasteiger partial charge in [0.05, 0.1) is 12.6 Å². The van der Waals surface area contributed by atoms with Crippen molar-refractivity contribution in [2.75, 3.05) is 0 Å². The molecule has 0 fully saturated rings. The second-order valence-electron chi connectivity index (χ2n) is 1.85. The summed E-state index contributed by atoms with van der Waals surface area (Å²) in [4.78, 5) is 3.70. The van der Waals surface area contributed by atoms with Crippen LogP contribution in [0.25, 0.3) is 0 Å². The molecule has 5 nitrogen and oxygen atoms in total. The molecule has 0 aliphatic heterocycles. The zero-order chi connectivity index (χ0) is 7.40. The summed E-state index contributed by atoms with van der Waals surface area (Å²) in [6.45, 7) is 0.399. The van der Waals surface area contributed by atoms with E-state index in [2.05, 4.69) is 10.1 Å². The summed E-state index contributed by atoms with van der Waals surface area (Å²) in [7, 11) is 0. The quantitative estimate of drug-likeness (QED) is 0.574. The van der Waals surface area contributed by atoms with Crippen LogP contribution in [0, 0.1) is 11.3 Å². The van der Waals surface area contributed by atoms with Crippen molar-refractivity contribution in [1.29, 1.82) is 5.26 Å². The van der Waals surface area contributed by atoms with Crippen molar-refractivity contribution in [3.8, 4) is 6.07 Å². The molecule has 0 aromatic carbocycles. The first-order valence-corrected chi connectivity index (χ1v) is 2.80. The molecule has 1 aromatic heterocycles. The zero-order valence-electron chi connectivity index (χ0n) is 5.31. The molecule has 5 heteroatoms. The van der Waals surface area contributed by atoms with Crippen LogP contribution in [0.1, 0.15) is 0 Å². The third kappa shape index (κ3) is 1.53. The molecule has 2 N–H and O–H groups in total. The Morgan fingerprint density at radius 3 is 3.10 bits per heavy atom. The molecule has 1 heterocycles. The molecule has 0 amide bonds. The van der Waals surface area contributed by atoms with Gasteiger partial charge in [0.15, 0.2) is 0 Å². The Labute approximate surface area is 58.1 Å². The lowest BCUT2D eigenvalue weighted by Gasteiger charge is -1.99. The number of hydrogen-bond donors (Lipinski definition) is 1. The van der Waals surface area contributed by atoms with E-state index in [1.807, 2.05) is 6.07 Å². The molecule has 0 radical (unpaired) electrons. The Balaban J connectivity index is 2.50. The van der Waals surface area contributed by atoms with Crippen LogP contribution in [0.2, 0.25) is 0 Å². The highest BCUT2D eigenvalue weighted by Crippen LogP contribution is 1.82. The third-order valence-electron chi connectivity index (χ3n) is 1.02. The molecule has 0 spiro atoms. The van der Waals surface area contributed by atoms with Gasteiger partial charge in [-0.2, -0.15) is 10.4 Å². The van der Waals surface area contributed by atoms with E-state index in [1.165, 1.54) is 17.3 Å². The van der Waals surface area contributed by atoms with Crippen molar-refractivity contribution in [3.63, 3.8) is 0 Å². The maximum atomic E-state index is 8.30. The van der Waals surface area contributed by atoms with Crippen molar-refractivity contribution in [2.45, 2.75) is 12.6 Å². The minimum absolute atomic E-state index is 0.399. The van der Waals surface area contributed by atoms with Crippen LogP contribution < -0.4 is 5.73 Å². The summed E-state index contributed by atoms with van der Waals surface area (Å²) in [5.74, 6) is 0. The molecule has 1 aromatic rings. The first-order chi connectivity index (χ1) is 4.83.